The molecular weight excluding hydrogens is 288 g/mol. The SMILES string of the molecule is C=CCCCN(C)C(=NCC1CCN(CCOC)CC1)NCC. The predicted octanol–water partition coefficient (Wildman–Crippen LogP) is 2.21. The number of guanidine groups is 1. The third-order valence-electron chi connectivity index (χ3n) is 4.42. The van der Waals surface area contributed by atoms with Crippen LogP contribution in [-0.2, 0) is 4.74 Å². The molecule has 23 heavy (non-hydrogen) atoms. The van der Waals surface area contributed by atoms with Crippen molar-refractivity contribution in [3.8, 4) is 0 Å². The topological polar surface area (TPSA) is 40.1 Å². The second-order valence-electron chi connectivity index (χ2n) is 6.32. The summed E-state index contributed by atoms with van der Waals surface area (Å²) in [5.41, 5.74) is 0. The van der Waals surface area contributed by atoms with Crippen LogP contribution in [-0.4, -0.2) is 75.8 Å². The van der Waals surface area contributed by atoms with E-state index in [0.717, 1.165) is 51.6 Å². The molecule has 5 nitrogen and oxygen atoms in total. The van der Waals surface area contributed by atoms with Gasteiger partial charge in [0.25, 0.3) is 0 Å². The molecule has 0 aromatic rings. The number of hydrogen-bond acceptors (Lipinski definition) is 3. The fourth-order valence-electron chi connectivity index (χ4n) is 2.88. The summed E-state index contributed by atoms with van der Waals surface area (Å²) >= 11 is 0. The lowest BCUT2D eigenvalue weighted by Crippen LogP contribution is -2.40. The molecule has 5 heteroatoms. The summed E-state index contributed by atoms with van der Waals surface area (Å²) in [4.78, 5) is 9.60. The largest absolute Gasteiger partial charge is 0.383 e. The predicted molar refractivity (Wildman–Crippen MR) is 99.1 cm³/mol. The van der Waals surface area contributed by atoms with E-state index in [-0.39, 0.29) is 0 Å². The Kier molecular flexibility index (Phi) is 10.7. The number of nitrogens with zero attached hydrogens (tertiary/aromatic N) is 3. The van der Waals surface area contributed by atoms with Gasteiger partial charge >= 0.3 is 0 Å². The zero-order valence-electron chi connectivity index (χ0n) is 15.4. The van der Waals surface area contributed by atoms with Crippen molar-refractivity contribution in [1.82, 2.24) is 15.1 Å². The first-order valence-corrected chi connectivity index (χ1v) is 9.02. The standard InChI is InChI=1S/C18H36N4O/c1-5-7-8-11-21(3)18(19-6-2)20-16-17-9-12-22(13-10-17)14-15-23-4/h5,17H,1,6-16H2,2-4H3,(H,19,20). The van der Waals surface area contributed by atoms with Crippen molar-refractivity contribution in [3.63, 3.8) is 0 Å². The van der Waals surface area contributed by atoms with Gasteiger partial charge in [-0.05, 0) is 51.6 Å². The van der Waals surface area contributed by atoms with Crippen molar-refractivity contribution in [2.24, 2.45) is 10.9 Å². The number of allylic oxidation sites excluding steroid dienone is 1. The summed E-state index contributed by atoms with van der Waals surface area (Å²) < 4.78 is 5.16. The molecule has 1 aliphatic rings. The molecule has 1 fully saturated rings. The molecule has 0 atom stereocenters. The fourth-order valence-corrected chi connectivity index (χ4v) is 2.88. The summed E-state index contributed by atoms with van der Waals surface area (Å²) in [5.74, 6) is 1.75. The number of ether oxygens (including phenoxy) is 1. The summed E-state index contributed by atoms with van der Waals surface area (Å²) in [6.07, 6.45) is 6.65. The van der Waals surface area contributed by atoms with Gasteiger partial charge in [-0.3, -0.25) is 4.99 Å². The van der Waals surface area contributed by atoms with Gasteiger partial charge in [0.1, 0.15) is 0 Å². The third kappa shape index (κ3) is 8.37. The van der Waals surface area contributed by atoms with Crippen molar-refractivity contribution in [2.75, 3.05) is 60.0 Å². The average Bonchev–Trinajstić information content (AvgIpc) is 2.57. The summed E-state index contributed by atoms with van der Waals surface area (Å²) in [7, 11) is 3.90. The van der Waals surface area contributed by atoms with E-state index in [0.29, 0.717) is 5.92 Å². The van der Waals surface area contributed by atoms with Crippen LogP contribution in [0.5, 0.6) is 0 Å². The Balaban J connectivity index is 2.37. The van der Waals surface area contributed by atoms with Gasteiger partial charge in [-0.15, -0.1) is 6.58 Å². The monoisotopic (exact) mass is 324 g/mol. The van der Waals surface area contributed by atoms with Crippen LogP contribution in [0.1, 0.15) is 32.6 Å². The van der Waals surface area contributed by atoms with Crippen molar-refractivity contribution in [3.05, 3.63) is 12.7 Å². The fraction of sp³-hybridized carbons (Fsp3) is 0.833. The maximum Gasteiger partial charge on any atom is 0.193 e. The van der Waals surface area contributed by atoms with Gasteiger partial charge in [0.2, 0.25) is 0 Å². The second kappa shape index (κ2) is 12.4. The lowest BCUT2D eigenvalue weighted by molar-refractivity contribution is 0.121. The van der Waals surface area contributed by atoms with Gasteiger partial charge < -0.3 is 19.9 Å². The Hall–Kier alpha value is -1.07. The first kappa shape index (κ1) is 20.0. The van der Waals surface area contributed by atoms with E-state index < -0.39 is 0 Å². The first-order chi connectivity index (χ1) is 11.2. The zero-order chi connectivity index (χ0) is 16.9. The molecule has 1 heterocycles. The lowest BCUT2D eigenvalue weighted by Gasteiger charge is -2.31. The smallest absolute Gasteiger partial charge is 0.193 e. The van der Waals surface area contributed by atoms with Gasteiger partial charge in [0.05, 0.1) is 6.61 Å². The zero-order valence-corrected chi connectivity index (χ0v) is 15.4. The number of aliphatic imine (C=N–C) groups is 1. The van der Waals surface area contributed by atoms with E-state index in [1.807, 2.05) is 6.08 Å². The highest BCUT2D eigenvalue weighted by atomic mass is 16.5. The molecule has 0 radical (unpaired) electrons. The molecule has 1 aliphatic heterocycles. The number of likely N-dealkylation sites (tertiary alicyclic amines) is 1. The number of methoxy groups -OCH3 is 1. The van der Waals surface area contributed by atoms with Crippen LogP contribution in [0.4, 0.5) is 0 Å². The highest BCUT2D eigenvalue weighted by molar-refractivity contribution is 5.79. The molecule has 134 valence electrons. The Morgan fingerprint density at radius 2 is 2.17 bits per heavy atom. The highest BCUT2D eigenvalue weighted by Gasteiger charge is 2.19. The van der Waals surface area contributed by atoms with Crippen LogP contribution in [0, 0.1) is 5.92 Å². The Bertz CT molecular complexity index is 338. The van der Waals surface area contributed by atoms with Crippen molar-refractivity contribution < 1.29 is 4.74 Å². The maximum absolute atomic E-state index is 5.16. The quantitative estimate of drug-likeness (QED) is 0.289. The van der Waals surface area contributed by atoms with Crippen molar-refractivity contribution >= 4 is 5.96 Å². The number of unbranched alkanes of at least 4 members (excludes halogenated alkanes) is 1. The van der Waals surface area contributed by atoms with E-state index >= 15 is 0 Å². The molecule has 0 spiro atoms. The van der Waals surface area contributed by atoms with Gasteiger partial charge in [-0.1, -0.05) is 6.08 Å². The molecule has 1 rings (SSSR count). The minimum absolute atomic E-state index is 0.712. The maximum atomic E-state index is 5.16. The summed E-state index contributed by atoms with van der Waals surface area (Å²) in [6.45, 7) is 13.0. The third-order valence-corrected chi connectivity index (χ3v) is 4.42. The Labute approximate surface area is 142 Å². The van der Waals surface area contributed by atoms with Crippen molar-refractivity contribution in [1.29, 1.82) is 0 Å². The van der Waals surface area contributed by atoms with E-state index in [1.165, 1.54) is 25.9 Å². The van der Waals surface area contributed by atoms with Gasteiger partial charge in [0.15, 0.2) is 5.96 Å². The van der Waals surface area contributed by atoms with E-state index in [4.69, 9.17) is 9.73 Å². The molecule has 0 aliphatic carbocycles. The number of hydrogen-bond donors (Lipinski definition) is 1. The summed E-state index contributed by atoms with van der Waals surface area (Å²) in [6, 6.07) is 0. The summed E-state index contributed by atoms with van der Waals surface area (Å²) in [5, 5.41) is 3.41. The van der Waals surface area contributed by atoms with Crippen LogP contribution in [0.25, 0.3) is 0 Å². The van der Waals surface area contributed by atoms with Gasteiger partial charge in [0, 0.05) is 40.3 Å². The molecule has 0 amide bonds. The average molecular weight is 325 g/mol. The van der Waals surface area contributed by atoms with Crippen LogP contribution in [0.15, 0.2) is 17.6 Å². The Morgan fingerprint density at radius 3 is 2.78 bits per heavy atom. The molecule has 0 aromatic heterocycles. The molecule has 0 saturated carbocycles. The van der Waals surface area contributed by atoms with Gasteiger partial charge in [-0.2, -0.15) is 0 Å². The minimum Gasteiger partial charge on any atom is -0.383 e. The van der Waals surface area contributed by atoms with Crippen LogP contribution < -0.4 is 5.32 Å². The number of piperidine rings is 1. The van der Waals surface area contributed by atoms with Crippen molar-refractivity contribution in [2.45, 2.75) is 32.6 Å². The minimum atomic E-state index is 0.712. The molecule has 0 bridgehead atoms. The van der Waals surface area contributed by atoms with Crippen LogP contribution >= 0.6 is 0 Å². The van der Waals surface area contributed by atoms with E-state index in [9.17, 15) is 0 Å². The van der Waals surface area contributed by atoms with Crippen LogP contribution in [0.3, 0.4) is 0 Å². The van der Waals surface area contributed by atoms with Gasteiger partial charge in [-0.25, -0.2) is 0 Å². The number of rotatable bonds is 10. The molecule has 1 saturated heterocycles. The van der Waals surface area contributed by atoms with Crippen LogP contribution in [0.2, 0.25) is 0 Å². The normalized spacial score (nSPS) is 17.3. The molecule has 1 N–H and O–H groups in total. The van der Waals surface area contributed by atoms with E-state index in [1.54, 1.807) is 7.11 Å². The molecular formula is C18H36N4O. The second-order valence-corrected chi connectivity index (χ2v) is 6.32. The van der Waals surface area contributed by atoms with E-state index in [2.05, 4.69) is 35.7 Å². The highest BCUT2D eigenvalue weighted by Crippen LogP contribution is 2.17. The lowest BCUT2D eigenvalue weighted by atomic mass is 9.97. The first-order valence-electron chi connectivity index (χ1n) is 9.02. The Morgan fingerprint density at radius 1 is 1.43 bits per heavy atom. The molecule has 0 unspecified atom stereocenters. The molecule has 0 aromatic carbocycles. The number of nitrogens with one attached hydrogen (secondary N) is 1.